The summed E-state index contributed by atoms with van der Waals surface area (Å²) in [5.41, 5.74) is 5.67. The average molecular weight is 317 g/mol. The Kier molecular flexibility index (Phi) is 6.47. The van der Waals surface area contributed by atoms with Crippen molar-refractivity contribution in [2.45, 2.75) is 51.0 Å². The summed E-state index contributed by atoms with van der Waals surface area (Å²) in [6, 6.07) is 0.699. The molecule has 0 bridgehead atoms. The molecule has 0 aromatic carbocycles. The molecule has 0 radical (unpaired) electrons. The second kappa shape index (κ2) is 7.90. The molecule has 1 unspecified atom stereocenters. The molecule has 0 spiro atoms. The zero-order valence-electron chi connectivity index (χ0n) is 13.3. The Labute approximate surface area is 129 Å². The van der Waals surface area contributed by atoms with Gasteiger partial charge in [0.05, 0.1) is 6.26 Å². The van der Waals surface area contributed by atoms with Gasteiger partial charge in [-0.05, 0) is 51.1 Å². The van der Waals surface area contributed by atoms with Crippen LogP contribution < -0.4 is 5.73 Å². The molecule has 6 heteroatoms. The smallest absolute Gasteiger partial charge is 0.211 e. The predicted octanol–water partition coefficient (Wildman–Crippen LogP) is 1.25. The third-order valence-corrected chi connectivity index (χ3v) is 6.20. The summed E-state index contributed by atoms with van der Waals surface area (Å²) < 4.78 is 25.1. The first kappa shape index (κ1) is 17.2. The van der Waals surface area contributed by atoms with Gasteiger partial charge in [0.15, 0.2) is 0 Å². The van der Waals surface area contributed by atoms with Crippen LogP contribution in [0, 0.1) is 5.92 Å². The number of hydrogen-bond donors (Lipinski definition) is 1. The Bertz CT molecular complexity index is 407. The Morgan fingerprint density at radius 3 is 2.52 bits per heavy atom. The Balaban J connectivity index is 1.92. The van der Waals surface area contributed by atoms with Crippen molar-refractivity contribution in [3.8, 4) is 0 Å². The van der Waals surface area contributed by atoms with Crippen LogP contribution in [0.3, 0.4) is 0 Å². The summed E-state index contributed by atoms with van der Waals surface area (Å²) in [5.74, 6) is 0.479. The zero-order chi connectivity index (χ0) is 15.3. The zero-order valence-corrected chi connectivity index (χ0v) is 14.2. The van der Waals surface area contributed by atoms with Crippen LogP contribution in [0.5, 0.6) is 0 Å². The number of rotatable bonds is 7. The first-order chi connectivity index (χ1) is 10.0. The molecule has 1 aliphatic heterocycles. The molecule has 5 nitrogen and oxygen atoms in total. The fourth-order valence-electron chi connectivity index (χ4n) is 3.80. The molecule has 21 heavy (non-hydrogen) atoms. The molecule has 2 rings (SSSR count). The Hall–Kier alpha value is -0.170. The van der Waals surface area contributed by atoms with Crippen molar-refractivity contribution in [2.75, 3.05) is 39.0 Å². The van der Waals surface area contributed by atoms with Crippen LogP contribution in [0.1, 0.15) is 44.9 Å². The second-order valence-corrected chi connectivity index (χ2v) is 8.69. The van der Waals surface area contributed by atoms with Crippen LogP contribution in [0.25, 0.3) is 0 Å². The minimum absolute atomic E-state index is 0.479. The Morgan fingerprint density at radius 1 is 1.19 bits per heavy atom. The van der Waals surface area contributed by atoms with Crippen LogP contribution in [0.2, 0.25) is 0 Å². The monoisotopic (exact) mass is 317 g/mol. The van der Waals surface area contributed by atoms with Gasteiger partial charge < -0.3 is 10.6 Å². The van der Waals surface area contributed by atoms with E-state index in [4.69, 9.17) is 5.73 Å². The van der Waals surface area contributed by atoms with E-state index in [0.29, 0.717) is 25.0 Å². The summed E-state index contributed by atoms with van der Waals surface area (Å²) in [7, 11) is -3.04. The van der Waals surface area contributed by atoms with Crippen molar-refractivity contribution in [3.05, 3.63) is 0 Å². The van der Waals surface area contributed by atoms with Crippen molar-refractivity contribution in [3.63, 3.8) is 0 Å². The third-order valence-electron chi connectivity index (χ3n) is 4.93. The van der Waals surface area contributed by atoms with Gasteiger partial charge in [0.2, 0.25) is 10.0 Å². The van der Waals surface area contributed by atoms with Gasteiger partial charge in [0, 0.05) is 25.7 Å². The number of piperidine rings is 1. The molecule has 2 N–H and O–H groups in total. The lowest BCUT2D eigenvalue weighted by Gasteiger charge is -2.37. The molecular formula is C15H31N3O2S. The maximum Gasteiger partial charge on any atom is 0.211 e. The molecule has 1 aliphatic carbocycles. The van der Waals surface area contributed by atoms with Crippen molar-refractivity contribution >= 4 is 10.0 Å². The quantitative estimate of drug-likeness (QED) is 0.767. The minimum atomic E-state index is -3.04. The van der Waals surface area contributed by atoms with E-state index >= 15 is 0 Å². The first-order valence-corrected chi connectivity index (χ1v) is 10.2. The van der Waals surface area contributed by atoms with Gasteiger partial charge in [-0.25, -0.2) is 12.7 Å². The summed E-state index contributed by atoms with van der Waals surface area (Å²) >= 11 is 0. The van der Waals surface area contributed by atoms with E-state index in [1.54, 1.807) is 4.31 Å². The van der Waals surface area contributed by atoms with E-state index in [9.17, 15) is 8.42 Å². The maximum atomic E-state index is 11.7. The van der Waals surface area contributed by atoms with Crippen molar-refractivity contribution < 1.29 is 8.42 Å². The van der Waals surface area contributed by atoms with Gasteiger partial charge in [-0.1, -0.05) is 12.8 Å². The van der Waals surface area contributed by atoms with Crippen molar-refractivity contribution in [1.82, 2.24) is 9.21 Å². The number of sulfonamides is 1. The SMILES string of the molecule is CS(=O)(=O)N1CCCC(CN(CCCN)C2CCCC2)C1. The van der Waals surface area contributed by atoms with Crippen LogP contribution in [0.4, 0.5) is 0 Å². The molecule has 1 heterocycles. The summed E-state index contributed by atoms with van der Waals surface area (Å²) in [6.07, 6.45) is 9.79. The number of nitrogens with two attached hydrogens (primary N) is 1. The second-order valence-electron chi connectivity index (χ2n) is 6.70. The van der Waals surface area contributed by atoms with E-state index in [0.717, 1.165) is 38.9 Å². The third kappa shape index (κ3) is 5.20. The largest absolute Gasteiger partial charge is 0.330 e. The fourth-order valence-corrected chi connectivity index (χ4v) is 4.74. The highest BCUT2D eigenvalue weighted by Crippen LogP contribution is 2.27. The number of nitrogens with zero attached hydrogens (tertiary/aromatic N) is 2. The summed E-state index contributed by atoms with van der Waals surface area (Å²) in [6.45, 7) is 4.24. The van der Waals surface area contributed by atoms with E-state index < -0.39 is 10.0 Å². The van der Waals surface area contributed by atoms with Crippen molar-refractivity contribution in [1.29, 1.82) is 0 Å². The van der Waals surface area contributed by atoms with E-state index in [-0.39, 0.29) is 0 Å². The number of hydrogen-bond acceptors (Lipinski definition) is 4. The van der Waals surface area contributed by atoms with Gasteiger partial charge in [-0.15, -0.1) is 0 Å². The first-order valence-electron chi connectivity index (χ1n) is 8.40. The lowest BCUT2D eigenvalue weighted by molar-refractivity contribution is 0.137. The molecule has 0 amide bonds. The van der Waals surface area contributed by atoms with Gasteiger partial charge in [-0.3, -0.25) is 0 Å². The topological polar surface area (TPSA) is 66.6 Å². The predicted molar refractivity (Wildman–Crippen MR) is 86.6 cm³/mol. The molecule has 1 saturated heterocycles. The molecule has 1 saturated carbocycles. The van der Waals surface area contributed by atoms with Gasteiger partial charge in [-0.2, -0.15) is 0 Å². The Morgan fingerprint density at radius 2 is 1.90 bits per heavy atom. The molecule has 2 aliphatic rings. The molecule has 0 aromatic rings. The van der Waals surface area contributed by atoms with E-state index in [1.807, 2.05) is 0 Å². The highest BCUT2D eigenvalue weighted by atomic mass is 32.2. The van der Waals surface area contributed by atoms with Crippen molar-refractivity contribution in [2.24, 2.45) is 11.7 Å². The van der Waals surface area contributed by atoms with Crippen LogP contribution in [-0.4, -0.2) is 62.6 Å². The highest BCUT2D eigenvalue weighted by Gasteiger charge is 2.29. The summed E-state index contributed by atoms with van der Waals surface area (Å²) in [5, 5.41) is 0. The minimum Gasteiger partial charge on any atom is -0.330 e. The molecule has 124 valence electrons. The highest BCUT2D eigenvalue weighted by molar-refractivity contribution is 7.88. The van der Waals surface area contributed by atoms with Crippen LogP contribution in [-0.2, 0) is 10.0 Å². The summed E-state index contributed by atoms with van der Waals surface area (Å²) in [4.78, 5) is 2.59. The molecule has 0 aromatic heterocycles. The standard InChI is InChI=1S/C15H31N3O2S/c1-21(19,20)18-11-4-6-14(13-18)12-17(10-5-9-16)15-7-2-3-8-15/h14-15H,2-13,16H2,1H3. The van der Waals surface area contributed by atoms with E-state index in [1.165, 1.54) is 31.9 Å². The van der Waals surface area contributed by atoms with Crippen LogP contribution in [0.15, 0.2) is 0 Å². The lowest BCUT2D eigenvalue weighted by Crippen LogP contribution is -2.45. The van der Waals surface area contributed by atoms with Gasteiger partial charge >= 0.3 is 0 Å². The molecule has 2 fully saturated rings. The average Bonchev–Trinajstić information content (AvgIpc) is 2.97. The van der Waals surface area contributed by atoms with Gasteiger partial charge in [0.25, 0.3) is 0 Å². The maximum absolute atomic E-state index is 11.7. The fraction of sp³-hybridized carbons (Fsp3) is 1.00. The van der Waals surface area contributed by atoms with Gasteiger partial charge in [0.1, 0.15) is 0 Å². The normalized spacial score (nSPS) is 25.8. The molecular weight excluding hydrogens is 286 g/mol. The van der Waals surface area contributed by atoms with E-state index in [2.05, 4.69) is 4.90 Å². The lowest BCUT2D eigenvalue weighted by atomic mass is 9.98. The molecule has 1 atom stereocenters. The van der Waals surface area contributed by atoms with Crippen LogP contribution >= 0.6 is 0 Å².